The molecule has 128 valence electrons. The van der Waals surface area contributed by atoms with Crippen LogP contribution >= 0.6 is 0 Å². The van der Waals surface area contributed by atoms with E-state index in [1.807, 2.05) is 49.4 Å². The van der Waals surface area contributed by atoms with Crippen LogP contribution in [0.5, 0.6) is 17.2 Å². The third-order valence-corrected chi connectivity index (χ3v) is 3.83. The van der Waals surface area contributed by atoms with E-state index in [2.05, 4.69) is 5.32 Å². The SMILES string of the molecule is COc1ccccc1CC(=O)N[C@H](C)c1ccc(OC)c(OC)c1. The molecule has 0 bridgehead atoms. The van der Waals surface area contributed by atoms with Crippen molar-refractivity contribution in [1.29, 1.82) is 0 Å². The van der Waals surface area contributed by atoms with Crippen LogP contribution in [0.1, 0.15) is 24.1 Å². The Kier molecular flexibility index (Phi) is 6.07. The van der Waals surface area contributed by atoms with Crippen molar-refractivity contribution in [2.75, 3.05) is 21.3 Å². The van der Waals surface area contributed by atoms with Crippen LogP contribution in [0, 0.1) is 0 Å². The topological polar surface area (TPSA) is 56.8 Å². The molecule has 2 aromatic carbocycles. The molecule has 0 saturated carbocycles. The smallest absolute Gasteiger partial charge is 0.225 e. The van der Waals surface area contributed by atoms with Crippen LogP contribution in [-0.2, 0) is 11.2 Å². The maximum Gasteiger partial charge on any atom is 0.225 e. The predicted octanol–water partition coefficient (Wildman–Crippen LogP) is 3.13. The van der Waals surface area contributed by atoms with Crippen LogP contribution in [0.4, 0.5) is 0 Å². The second kappa shape index (κ2) is 8.24. The summed E-state index contributed by atoms with van der Waals surface area (Å²) in [5.41, 5.74) is 1.80. The third-order valence-electron chi connectivity index (χ3n) is 3.83. The van der Waals surface area contributed by atoms with Crippen molar-refractivity contribution in [1.82, 2.24) is 5.32 Å². The fourth-order valence-electron chi connectivity index (χ4n) is 2.52. The highest BCUT2D eigenvalue weighted by Gasteiger charge is 2.14. The molecule has 2 rings (SSSR count). The van der Waals surface area contributed by atoms with Crippen molar-refractivity contribution >= 4 is 5.91 Å². The van der Waals surface area contributed by atoms with Gasteiger partial charge in [0, 0.05) is 5.56 Å². The Morgan fingerprint density at radius 1 is 0.958 bits per heavy atom. The summed E-state index contributed by atoms with van der Waals surface area (Å²) in [5.74, 6) is 1.95. The second-order valence-electron chi connectivity index (χ2n) is 5.39. The fraction of sp³-hybridized carbons (Fsp3) is 0.316. The van der Waals surface area contributed by atoms with E-state index in [0.29, 0.717) is 17.2 Å². The third kappa shape index (κ3) is 4.19. The molecule has 0 aromatic heterocycles. The van der Waals surface area contributed by atoms with Crippen molar-refractivity contribution in [2.45, 2.75) is 19.4 Å². The number of hydrogen-bond donors (Lipinski definition) is 1. The Balaban J connectivity index is 2.06. The molecule has 0 fully saturated rings. The summed E-state index contributed by atoms with van der Waals surface area (Å²) < 4.78 is 15.8. The first-order chi connectivity index (χ1) is 11.6. The molecular weight excluding hydrogens is 306 g/mol. The van der Waals surface area contributed by atoms with Crippen LogP contribution in [0.3, 0.4) is 0 Å². The zero-order chi connectivity index (χ0) is 17.5. The van der Waals surface area contributed by atoms with Gasteiger partial charge in [-0.15, -0.1) is 0 Å². The number of amides is 1. The zero-order valence-corrected chi connectivity index (χ0v) is 14.5. The average molecular weight is 329 g/mol. The Hall–Kier alpha value is -2.69. The lowest BCUT2D eigenvalue weighted by atomic mass is 10.1. The van der Waals surface area contributed by atoms with Gasteiger partial charge in [0.1, 0.15) is 5.75 Å². The fourth-order valence-corrected chi connectivity index (χ4v) is 2.52. The minimum absolute atomic E-state index is 0.0678. The van der Waals surface area contributed by atoms with Gasteiger partial charge in [0.15, 0.2) is 11.5 Å². The van der Waals surface area contributed by atoms with E-state index in [9.17, 15) is 4.79 Å². The van der Waals surface area contributed by atoms with Gasteiger partial charge in [-0.1, -0.05) is 24.3 Å². The molecule has 0 heterocycles. The lowest BCUT2D eigenvalue weighted by Gasteiger charge is -2.17. The summed E-state index contributed by atoms with van der Waals surface area (Å²) in [6.45, 7) is 1.93. The second-order valence-corrected chi connectivity index (χ2v) is 5.39. The molecule has 0 radical (unpaired) electrons. The summed E-state index contributed by atoms with van der Waals surface area (Å²) >= 11 is 0. The van der Waals surface area contributed by atoms with Crippen molar-refractivity contribution in [3.63, 3.8) is 0 Å². The Bertz CT molecular complexity index is 700. The lowest BCUT2D eigenvalue weighted by molar-refractivity contribution is -0.121. The molecule has 0 aliphatic heterocycles. The molecule has 0 aliphatic rings. The van der Waals surface area contributed by atoms with Gasteiger partial charge in [-0.25, -0.2) is 0 Å². The number of carbonyl (C=O) groups excluding carboxylic acids is 1. The van der Waals surface area contributed by atoms with Gasteiger partial charge >= 0.3 is 0 Å². The van der Waals surface area contributed by atoms with Gasteiger partial charge in [-0.05, 0) is 30.7 Å². The minimum atomic E-state index is -0.146. The molecule has 1 N–H and O–H groups in total. The molecule has 2 aromatic rings. The number of ether oxygens (including phenoxy) is 3. The molecule has 1 amide bonds. The number of rotatable bonds is 7. The normalized spacial score (nSPS) is 11.5. The van der Waals surface area contributed by atoms with E-state index in [4.69, 9.17) is 14.2 Å². The van der Waals surface area contributed by atoms with E-state index >= 15 is 0 Å². The number of methoxy groups -OCH3 is 3. The first-order valence-electron chi connectivity index (χ1n) is 7.72. The number of nitrogens with one attached hydrogen (secondary N) is 1. The first-order valence-corrected chi connectivity index (χ1v) is 7.72. The number of carbonyl (C=O) groups is 1. The van der Waals surface area contributed by atoms with Gasteiger partial charge in [-0.2, -0.15) is 0 Å². The van der Waals surface area contributed by atoms with Gasteiger partial charge in [0.2, 0.25) is 5.91 Å². The molecule has 1 atom stereocenters. The quantitative estimate of drug-likeness (QED) is 0.848. The van der Waals surface area contributed by atoms with Crippen molar-refractivity contribution in [3.05, 3.63) is 53.6 Å². The molecule has 24 heavy (non-hydrogen) atoms. The van der Waals surface area contributed by atoms with E-state index in [0.717, 1.165) is 11.1 Å². The van der Waals surface area contributed by atoms with Gasteiger partial charge < -0.3 is 19.5 Å². The van der Waals surface area contributed by atoms with Crippen LogP contribution in [0.15, 0.2) is 42.5 Å². The van der Waals surface area contributed by atoms with E-state index < -0.39 is 0 Å². The summed E-state index contributed by atoms with van der Waals surface area (Å²) in [5, 5.41) is 2.99. The summed E-state index contributed by atoms with van der Waals surface area (Å²) in [6.07, 6.45) is 0.266. The first kappa shape index (κ1) is 17.7. The van der Waals surface area contributed by atoms with Gasteiger partial charge in [0.05, 0.1) is 33.8 Å². The lowest BCUT2D eigenvalue weighted by Crippen LogP contribution is -2.28. The molecule has 5 heteroatoms. The van der Waals surface area contributed by atoms with Crippen molar-refractivity contribution in [2.24, 2.45) is 0 Å². The molecule has 5 nitrogen and oxygen atoms in total. The zero-order valence-electron chi connectivity index (χ0n) is 14.5. The maximum atomic E-state index is 12.3. The van der Waals surface area contributed by atoms with Crippen LogP contribution < -0.4 is 19.5 Å². The Labute approximate surface area is 142 Å². The standard InChI is InChI=1S/C19H23NO4/c1-13(14-9-10-17(23-3)18(11-14)24-4)20-19(21)12-15-7-5-6-8-16(15)22-2/h5-11,13H,12H2,1-4H3,(H,20,21)/t13-/m1/s1. The number of hydrogen-bond acceptors (Lipinski definition) is 4. The van der Waals surface area contributed by atoms with Crippen molar-refractivity contribution in [3.8, 4) is 17.2 Å². The van der Waals surface area contributed by atoms with Crippen LogP contribution in [-0.4, -0.2) is 27.2 Å². The molecule has 0 unspecified atom stereocenters. The van der Waals surface area contributed by atoms with Gasteiger partial charge in [0.25, 0.3) is 0 Å². The minimum Gasteiger partial charge on any atom is -0.496 e. The van der Waals surface area contributed by atoms with E-state index in [1.54, 1.807) is 21.3 Å². The Morgan fingerprint density at radius 3 is 2.29 bits per heavy atom. The van der Waals surface area contributed by atoms with Crippen LogP contribution in [0.25, 0.3) is 0 Å². The monoisotopic (exact) mass is 329 g/mol. The maximum absolute atomic E-state index is 12.3. The van der Waals surface area contributed by atoms with E-state index in [-0.39, 0.29) is 18.4 Å². The van der Waals surface area contributed by atoms with Crippen LogP contribution in [0.2, 0.25) is 0 Å². The highest BCUT2D eigenvalue weighted by molar-refractivity contribution is 5.79. The summed E-state index contributed by atoms with van der Waals surface area (Å²) in [4.78, 5) is 12.3. The largest absolute Gasteiger partial charge is 0.496 e. The predicted molar refractivity (Wildman–Crippen MR) is 92.8 cm³/mol. The average Bonchev–Trinajstić information content (AvgIpc) is 2.61. The highest BCUT2D eigenvalue weighted by Crippen LogP contribution is 2.30. The molecule has 0 aliphatic carbocycles. The molecule has 0 saturated heterocycles. The summed E-state index contributed by atoms with van der Waals surface area (Å²) in [6, 6.07) is 13.0. The summed E-state index contributed by atoms with van der Waals surface area (Å²) in [7, 11) is 4.78. The number of benzene rings is 2. The number of para-hydroxylation sites is 1. The molecular formula is C19H23NO4. The Morgan fingerprint density at radius 2 is 1.62 bits per heavy atom. The highest BCUT2D eigenvalue weighted by atomic mass is 16.5. The van der Waals surface area contributed by atoms with E-state index in [1.165, 1.54) is 0 Å². The molecule has 0 spiro atoms. The van der Waals surface area contributed by atoms with Crippen molar-refractivity contribution < 1.29 is 19.0 Å². The van der Waals surface area contributed by atoms with Gasteiger partial charge in [-0.3, -0.25) is 4.79 Å².